The van der Waals surface area contributed by atoms with Crippen LogP contribution in [0.25, 0.3) is 0 Å². The predicted octanol–water partition coefficient (Wildman–Crippen LogP) is 2.09. The van der Waals surface area contributed by atoms with Crippen LogP contribution >= 0.6 is 23.2 Å². The van der Waals surface area contributed by atoms with Crippen molar-refractivity contribution < 1.29 is 9.90 Å². The molecule has 80 valence electrons. The Balaban J connectivity index is 2.37. The van der Waals surface area contributed by atoms with Crippen LogP contribution in [0, 0.1) is 0 Å². The van der Waals surface area contributed by atoms with Gasteiger partial charge in [-0.15, -0.1) is 0 Å². The Morgan fingerprint density at radius 1 is 1.47 bits per heavy atom. The van der Waals surface area contributed by atoms with Gasteiger partial charge in [0.05, 0.1) is 0 Å². The van der Waals surface area contributed by atoms with Gasteiger partial charge in [-0.3, -0.25) is 4.79 Å². The van der Waals surface area contributed by atoms with E-state index >= 15 is 0 Å². The second-order valence-electron chi connectivity index (χ2n) is 3.50. The van der Waals surface area contributed by atoms with Crippen molar-refractivity contribution in [1.82, 2.24) is 5.32 Å². The van der Waals surface area contributed by atoms with Crippen molar-refractivity contribution in [2.75, 3.05) is 0 Å². The van der Waals surface area contributed by atoms with Gasteiger partial charge in [0.1, 0.15) is 6.04 Å². The molecule has 5 heteroatoms. The molecule has 0 aliphatic carbocycles. The molecular formula is C10H9Cl2NO2. The van der Waals surface area contributed by atoms with Gasteiger partial charge in [0.25, 0.3) is 0 Å². The van der Waals surface area contributed by atoms with Gasteiger partial charge >= 0.3 is 5.97 Å². The summed E-state index contributed by atoms with van der Waals surface area (Å²) in [6.07, 6.45) is 0.403. The lowest BCUT2D eigenvalue weighted by Crippen LogP contribution is -2.41. The third-order valence-corrected chi connectivity index (χ3v) is 3.05. The summed E-state index contributed by atoms with van der Waals surface area (Å²) in [6, 6.07) is 2.90. The number of benzene rings is 1. The van der Waals surface area contributed by atoms with E-state index in [1.54, 1.807) is 6.07 Å². The fourth-order valence-electron chi connectivity index (χ4n) is 1.73. The Hall–Kier alpha value is -0.770. The quantitative estimate of drug-likeness (QED) is 0.797. The van der Waals surface area contributed by atoms with E-state index < -0.39 is 12.0 Å². The minimum atomic E-state index is -0.855. The van der Waals surface area contributed by atoms with Crippen LogP contribution in [-0.2, 0) is 17.8 Å². The van der Waals surface area contributed by atoms with Crippen LogP contribution in [0.5, 0.6) is 0 Å². The van der Waals surface area contributed by atoms with Gasteiger partial charge in [0, 0.05) is 23.0 Å². The highest BCUT2D eigenvalue weighted by Crippen LogP contribution is 2.28. The second kappa shape index (κ2) is 4.00. The lowest BCUT2D eigenvalue weighted by Gasteiger charge is -2.24. The van der Waals surface area contributed by atoms with Crippen LogP contribution in [0.3, 0.4) is 0 Å². The Morgan fingerprint density at radius 2 is 2.20 bits per heavy atom. The van der Waals surface area contributed by atoms with Gasteiger partial charge in [-0.1, -0.05) is 23.2 Å². The monoisotopic (exact) mass is 245 g/mol. The van der Waals surface area contributed by atoms with E-state index in [9.17, 15) is 4.79 Å². The SMILES string of the molecule is O=C(O)[C@H]1Cc2c(Cl)cc(Cl)cc2CN1. The maximum absolute atomic E-state index is 10.8. The number of aliphatic carboxylic acids is 1. The molecular weight excluding hydrogens is 237 g/mol. The summed E-state index contributed by atoms with van der Waals surface area (Å²) >= 11 is 11.9. The minimum absolute atomic E-state index is 0.403. The van der Waals surface area contributed by atoms with Crippen LogP contribution in [0.2, 0.25) is 10.0 Å². The highest BCUT2D eigenvalue weighted by Gasteiger charge is 2.25. The molecule has 0 saturated carbocycles. The normalized spacial score (nSPS) is 19.7. The Kier molecular flexibility index (Phi) is 2.87. The maximum Gasteiger partial charge on any atom is 0.321 e. The second-order valence-corrected chi connectivity index (χ2v) is 4.34. The van der Waals surface area contributed by atoms with E-state index in [4.69, 9.17) is 28.3 Å². The zero-order valence-electron chi connectivity index (χ0n) is 7.76. The van der Waals surface area contributed by atoms with Gasteiger partial charge < -0.3 is 10.4 Å². The first kappa shape index (κ1) is 10.7. The summed E-state index contributed by atoms with van der Waals surface area (Å²) in [5, 5.41) is 12.9. The Bertz CT molecular complexity index is 420. The molecule has 15 heavy (non-hydrogen) atoms. The number of halogens is 2. The molecule has 1 aliphatic heterocycles. The number of rotatable bonds is 1. The molecule has 0 aromatic heterocycles. The number of hydrogen-bond donors (Lipinski definition) is 2. The highest BCUT2D eigenvalue weighted by molar-refractivity contribution is 6.35. The van der Waals surface area contributed by atoms with Gasteiger partial charge in [0.15, 0.2) is 0 Å². The first-order chi connectivity index (χ1) is 7.08. The van der Waals surface area contributed by atoms with Crippen molar-refractivity contribution in [2.45, 2.75) is 19.0 Å². The smallest absolute Gasteiger partial charge is 0.321 e. The third kappa shape index (κ3) is 2.09. The van der Waals surface area contributed by atoms with Crippen molar-refractivity contribution in [3.8, 4) is 0 Å². The fraction of sp³-hybridized carbons (Fsp3) is 0.300. The van der Waals surface area contributed by atoms with E-state index in [1.807, 2.05) is 6.07 Å². The summed E-state index contributed by atoms with van der Waals surface area (Å²) in [6.45, 7) is 0.493. The van der Waals surface area contributed by atoms with Gasteiger partial charge in [-0.2, -0.15) is 0 Å². The topological polar surface area (TPSA) is 49.3 Å². The van der Waals surface area contributed by atoms with Gasteiger partial charge in [-0.25, -0.2) is 0 Å². The molecule has 0 radical (unpaired) electrons. The first-order valence-corrected chi connectivity index (χ1v) is 5.26. The zero-order chi connectivity index (χ0) is 11.0. The van der Waals surface area contributed by atoms with Crippen LogP contribution in [0.4, 0.5) is 0 Å². The third-order valence-electron chi connectivity index (χ3n) is 2.50. The summed E-state index contributed by atoms with van der Waals surface area (Å²) in [5.41, 5.74) is 1.86. The molecule has 1 aromatic rings. The fourth-order valence-corrected chi connectivity index (χ4v) is 2.34. The highest BCUT2D eigenvalue weighted by atomic mass is 35.5. The zero-order valence-corrected chi connectivity index (χ0v) is 9.27. The molecule has 0 spiro atoms. The van der Waals surface area contributed by atoms with Crippen molar-refractivity contribution >= 4 is 29.2 Å². The van der Waals surface area contributed by atoms with Gasteiger partial charge in [0.2, 0.25) is 0 Å². The molecule has 1 aliphatic rings. The first-order valence-electron chi connectivity index (χ1n) is 4.51. The van der Waals surface area contributed by atoms with Gasteiger partial charge in [-0.05, 0) is 23.3 Å². The summed E-state index contributed by atoms with van der Waals surface area (Å²) in [7, 11) is 0. The van der Waals surface area contributed by atoms with Crippen LogP contribution in [-0.4, -0.2) is 17.1 Å². The summed E-state index contributed by atoms with van der Waals surface area (Å²) in [5.74, 6) is -0.855. The maximum atomic E-state index is 10.8. The van der Waals surface area contributed by atoms with E-state index in [-0.39, 0.29) is 0 Å². The van der Waals surface area contributed by atoms with Crippen LogP contribution < -0.4 is 5.32 Å². The molecule has 0 bridgehead atoms. The number of nitrogens with one attached hydrogen (secondary N) is 1. The molecule has 2 N–H and O–H groups in total. The number of fused-ring (bicyclic) bond motifs is 1. The Labute approximate surface area is 97.0 Å². The van der Waals surface area contributed by atoms with Crippen LogP contribution in [0.1, 0.15) is 11.1 Å². The molecule has 2 rings (SSSR count). The molecule has 0 amide bonds. The van der Waals surface area contributed by atoms with E-state index in [0.717, 1.165) is 11.1 Å². The van der Waals surface area contributed by atoms with Crippen molar-refractivity contribution in [1.29, 1.82) is 0 Å². The van der Waals surface area contributed by atoms with Crippen molar-refractivity contribution in [3.63, 3.8) is 0 Å². The molecule has 0 fully saturated rings. The van der Waals surface area contributed by atoms with Crippen molar-refractivity contribution in [2.24, 2.45) is 0 Å². The molecule has 3 nitrogen and oxygen atoms in total. The average molecular weight is 246 g/mol. The summed E-state index contributed by atoms with van der Waals surface area (Å²) < 4.78 is 0. The van der Waals surface area contributed by atoms with E-state index in [0.29, 0.717) is 23.0 Å². The lowest BCUT2D eigenvalue weighted by atomic mass is 9.96. The predicted molar refractivity (Wildman–Crippen MR) is 58.4 cm³/mol. The average Bonchev–Trinajstić information content (AvgIpc) is 2.16. The Morgan fingerprint density at radius 3 is 2.87 bits per heavy atom. The standard InChI is InChI=1S/C10H9Cl2NO2/c11-6-1-5-4-13-9(10(14)15)3-7(5)8(12)2-6/h1-2,9,13H,3-4H2,(H,14,15)/t9-/m1/s1. The molecule has 0 saturated heterocycles. The molecule has 1 heterocycles. The lowest BCUT2D eigenvalue weighted by molar-refractivity contribution is -0.139. The number of carboxylic acids is 1. The molecule has 0 unspecified atom stereocenters. The van der Waals surface area contributed by atoms with E-state index in [1.165, 1.54) is 0 Å². The number of carboxylic acid groups (broad SMARTS) is 1. The minimum Gasteiger partial charge on any atom is -0.480 e. The molecule has 1 aromatic carbocycles. The number of hydrogen-bond acceptors (Lipinski definition) is 2. The molecule has 1 atom stereocenters. The number of carbonyl (C=O) groups is 1. The largest absolute Gasteiger partial charge is 0.480 e. The summed E-state index contributed by atoms with van der Waals surface area (Å²) in [4.78, 5) is 10.8. The van der Waals surface area contributed by atoms with Crippen molar-refractivity contribution in [3.05, 3.63) is 33.3 Å². The van der Waals surface area contributed by atoms with E-state index in [2.05, 4.69) is 5.32 Å². The van der Waals surface area contributed by atoms with Crippen LogP contribution in [0.15, 0.2) is 12.1 Å².